The first-order chi connectivity index (χ1) is 12.5. The highest BCUT2D eigenvalue weighted by Crippen LogP contribution is 2.26. The Balaban J connectivity index is 0.00000261. The zero-order valence-electron chi connectivity index (χ0n) is 14.6. The first kappa shape index (κ1) is 20.9. The van der Waals surface area contributed by atoms with Crippen molar-refractivity contribution in [2.45, 2.75) is 24.9 Å². The number of primary amides is 1. The van der Waals surface area contributed by atoms with Crippen LogP contribution in [-0.2, 0) is 22.4 Å². The Bertz CT molecular complexity index is 914. The lowest BCUT2D eigenvalue weighted by atomic mass is 10.0. The van der Waals surface area contributed by atoms with E-state index in [0.29, 0.717) is 12.8 Å². The fraction of sp³-hybridized carbons (Fsp3) is 0.200. The van der Waals surface area contributed by atoms with Gasteiger partial charge in [0.25, 0.3) is 0 Å². The van der Waals surface area contributed by atoms with Gasteiger partial charge in [0.15, 0.2) is 0 Å². The smallest absolute Gasteiger partial charge is 0.240 e. The van der Waals surface area contributed by atoms with Gasteiger partial charge >= 0.3 is 0 Å². The van der Waals surface area contributed by atoms with Gasteiger partial charge in [-0.2, -0.15) is 0 Å². The van der Waals surface area contributed by atoms with E-state index < -0.39 is 18.0 Å². The molecule has 1 heterocycles. The molecule has 0 unspecified atom stereocenters. The molecular formula is C20H22ClN3O2S. The van der Waals surface area contributed by atoms with Gasteiger partial charge < -0.3 is 16.8 Å². The van der Waals surface area contributed by atoms with E-state index >= 15 is 0 Å². The molecule has 3 rings (SSSR count). The molecule has 0 saturated heterocycles. The minimum atomic E-state index is -0.782. The third-order valence-electron chi connectivity index (χ3n) is 4.28. The average molecular weight is 404 g/mol. The molecule has 3 aromatic rings. The van der Waals surface area contributed by atoms with Crippen molar-refractivity contribution in [2.24, 2.45) is 11.5 Å². The molecule has 2 aromatic carbocycles. The third kappa shape index (κ3) is 5.29. The number of hydrogen-bond acceptors (Lipinski definition) is 4. The molecule has 1 aromatic heterocycles. The van der Waals surface area contributed by atoms with Crippen LogP contribution in [0.15, 0.2) is 60.0 Å². The van der Waals surface area contributed by atoms with Crippen LogP contribution in [0, 0.1) is 0 Å². The van der Waals surface area contributed by atoms with Crippen molar-refractivity contribution in [1.82, 2.24) is 5.32 Å². The minimum absolute atomic E-state index is 0. The molecule has 0 aliphatic carbocycles. The monoisotopic (exact) mass is 403 g/mol. The maximum absolute atomic E-state index is 12.5. The number of benzene rings is 2. The van der Waals surface area contributed by atoms with Crippen LogP contribution in [0.3, 0.4) is 0 Å². The number of fused-ring (bicyclic) bond motifs is 1. The van der Waals surface area contributed by atoms with Gasteiger partial charge in [0.05, 0.1) is 6.04 Å². The van der Waals surface area contributed by atoms with Crippen molar-refractivity contribution in [2.75, 3.05) is 0 Å². The molecule has 5 nitrogen and oxygen atoms in total. The Kier molecular flexibility index (Phi) is 7.36. The van der Waals surface area contributed by atoms with E-state index in [0.717, 1.165) is 21.2 Å². The number of halogens is 1. The standard InChI is InChI=1S/C20H21N3O2S.ClH/c21-16(11-14-12-26-18-9-5-4-8-15(14)18)20(25)23-17(19(22)24)10-13-6-2-1-3-7-13;/h1-9,12,16-17H,10-11,21H2,(H2,22,24)(H,23,25);1H/t16-,17-;/m0./s1. The second-order valence-electron chi connectivity index (χ2n) is 6.22. The maximum atomic E-state index is 12.5. The molecule has 27 heavy (non-hydrogen) atoms. The van der Waals surface area contributed by atoms with E-state index in [4.69, 9.17) is 11.5 Å². The Morgan fingerprint density at radius 3 is 2.37 bits per heavy atom. The quantitative estimate of drug-likeness (QED) is 0.564. The van der Waals surface area contributed by atoms with Crippen LogP contribution in [0.4, 0.5) is 0 Å². The number of carbonyl (C=O) groups is 2. The Morgan fingerprint density at radius 2 is 1.67 bits per heavy atom. The largest absolute Gasteiger partial charge is 0.368 e. The van der Waals surface area contributed by atoms with Crippen LogP contribution in [0.25, 0.3) is 10.1 Å². The van der Waals surface area contributed by atoms with Gasteiger partial charge in [-0.05, 0) is 34.4 Å². The predicted molar refractivity (Wildman–Crippen MR) is 112 cm³/mol. The lowest BCUT2D eigenvalue weighted by Gasteiger charge is -2.18. The summed E-state index contributed by atoms with van der Waals surface area (Å²) in [6.07, 6.45) is 0.753. The number of thiophene rings is 1. The molecule has 142 valence electrons. The molecule has 0 spiro atoms. The van der Waals surface area contributed by atoms with Gasteiger partial charge in [0.1, 0.15) is 6.04 Å². The molecule has 0 aliphatic heterocycles. The van der Waals surface area contributed by atoms with Crippen molar-refractivity contribution in [3.8, 4) is 0 Å². The van der Waals surface area contributed by atoms with Crippen LogP contribution < -0.4 is 16.8 Å². The van der Waals surface area contributed by atoms with Crippen LogP contribution in [0.5, 0.6) is 0 Å². The second kappa shape index (κ2) is 9.50. The molecule has 0 fully saturated rings. The summed E-state index contributed by atoms with van der Waals surface area (Å²) in [4.78, 5) is 24.2. The van der Waals surface area contributed by atoms with Crippen molar-refractivity contribution in [3.63, 3.8) is 0 Å². The van der Waals surface area contributed by atoms with Gasteiger partial charge in [-0.15, -0.1) is 23.7 Å². The number of nitrogens with two attached hydrogens (primary N) is 2. The number of amides is 2. The third-order valence-corrected chi connectivity index (χ3v) is 5.29. The second-order valence-corrected chi connectivity index (χ2v) is 7.13. The summed E-state index contributed by atoms with van der Waals surface area (Å²) < 4.78 is 1.16. The summed E-state index contributed by atoms with van der Waals surface area (Å²) in [5.41, 5.74) is 13.5. The Labute approximate surface area is 168 Å². The molecule has 0 radical (unpaired) electrons. The highest BCUT2D eigenvalue weighted by molar-refractivity contribution is 7.17. The zero-order chi connectivity index (χ0) is 18.5. The van der Waals surface area contributed by atoms with E-state index in [9.17, 15) is 9.59 Å². The molecule has 2 atom stereocenters. The first-order valence-corrected chi connectivity index (χ1v) is 9.27. The molecule has 7 heteroatoms. The summed E-state index contributed by atoms with van der Waals surface area (Å²) in [7, 11) is 0. The summed E-state index contributed by atoms with van der Waals surface area (Å²) in [5.74, 6) is -0.949. The molecule has 0 saturated carbocycles. The summed E-state index contributed by atoms with van der Waals surface area (Å²) in [6.45, 7) is 0. The van der Waals surface area contributed by atoms with Crippen molar-refractivity contribution >= 4 is 45.6 Å². The predicted octanol–water partition coefficient (Wildman–Crippen LogP) is 2.41. The first-order valence-electron chi connectivity index (χ1n) is 8.39. The van der Waals surface area contributed by atoms with E-state index in [1.807, 2.05) is 60.0 Å². The number of rotatable bonds is 7. The molecule has 0 bridgehead atoms. The van der Waals surface area contributed by atoms with Gasteiger partial charge in [-0.1, -0.05) is 48.5 Å². The summed E-state index contributed by atoms with van der Waals surface area (Å²) in [6, 6.07) is 15.9. The van der Waals surface area contributed by atoms with Crippen LogP contribution >= 0.6 is 23.7 Å². The van der Waals surface area contributed by atoms with E-state index in [1.54, 1.807) is 11.3 Å². The fourth-order valence-electron chi connectivity index (χ4n) is 2.87. The normalized spacial score (nSPS) is 12.8. The summed E-state index contributed by atoms with van der Waals surface area (Å²) >= 11 is 1.63. The topological polar surface area (TPSA) is 98.2 Å². The SMILES string of the molecule is Cl.NC(=O)[C@H](Cc1ccccc1)NC(=O)[C@@H](N)Cc1csc2ccccc12. The van der Waals surface area contributed by atoms with Crippen molar-refractivity contribution in [1.29, 1.82) is 0 Å². The Morgan fingerprint density at radius 1 is 1.00 bits per heavy atom. The highest BCUT2D eigenvalue weighted by Gasteiger charge is 2.23. The van der Waals surface area contributed by atoms with Gasteiger partial charge in [-0.25, -0.2) is 0 Å². The van der Waals surface area contributed by atoms with Crippen LogP contribution in [-0.4, -0.2) is 23.9 Å². The van der Waals surface area contributed by atoms with E-state index in [-0.39, 0.29) is 18.3 Å². The fourth-order valence-corrected chi connectivity index (χ4v) is 3.85. The number of nitrogens with one attached hydrogen (secondary N) is 1. The average Bonchev–Trinajstić information content (AvgIpc) is 3.05. The van der Waals surface area contributed by atoms with Crippen molar-refractivity contribution < 1.29 is 9.59 Å². The lowest BCUT2D eigenvalue weighted by Crippen LogP contribution is -2.51. The Hall–Kier alpha value is -2.41. The molecule has 2 amide bonds. The zero-order valence-corrected chi connectivity index (χ0v) is 16.3. The van der Waals surface area contributed by atoms with Crippen LogP contribution in [0.1, 0.15) is 11.1 Å². The van der Waals surface area contributed by atoms with Gasteiger partial charge in [-0.3, -0.25) is 9.59 Å². The van der Waals surface area contributed by atoms with Gasteiger partial charge in [0, 0.05) is 11.1 Å². The van der Waals surface area contributed by atoms with Gasteiger partial charge in [0.2, 0.25) is 11.8 Å². The molecule has 5 N–H and O–H groups in total. The number of hydrogen-bond donors (Lipinski definition) is 3. The molecule has 0 aliphatic rings. The van der Waals surface area contributed by atoms with Crippen LogP contribution in [0.2, 0.25) is 0 Å². The van der Waals surface area contributed by atoms with Crippen molar-refractivity contribution in [3.05, 3.63) is 71.1 Å². The number of carbonyl (C=O) groups excluding carboxylic acids is 2. The van der Waals surface area contributed by atoms with E-state index in [2.05, 4.69) is 5.32 Å². The highest BCUT2D eigenvalue weighted by atomic mass is 35.5. The minimum Gasteiger partial charge on any atom is -0.368 e. The lowest BCUT2D eigenvalue weighted by molar-refractivity contribution is -0.128. The van der Waals surface area contributed by atoms with E-state index in [1.165, 1.54) is 0 Å². The maximum Gasteiger partial charge on any atom is 0.240 e. The summed E-state index contributed by atoms with van der Waals surface area (Å²) in [5, 5.41) is 5.82. The molecular weight excluding hydrogens is 382 g/mol.